The van der Waals surface area contributed by atoms with Crippen molar-refractivity contribution in [3.63, 3.8) is 0 Å². The Bertz CT molecular complexity index is 1070. The molecular formula is C22H20N2O4. The first kappa shape index (κ1) is 18.0. The lowest BCUT2D eigenvalue weighted by Gasteiger charge is -2.23. The monoisotopic (exact) mass is 376 g/mol. The van der Waals surface area contributed by atoms with E-state index in [0.29, 0.717) is 29.6 Å². The average Bonchev–Trinajstić information content (AvgIpc) is 3.26. The van der Waals surface area contributed by atoms with Crippen LogP contribution in [-0.2, 0) is 9.53 Å². The zero-order chi connectivity index (χ0) is 19.5. The number of nitrogens with zero attached hydrogens (tertiary/aromatic N) is 1. The highest BCUT2D eigenvalue weighted by Crippen LogP contribution is 2.25. The predicted molar refractivity (Wildman–Crippen MR) is 105 cm³/mol. The number of carbonyl (C=O) groups is 2. The minimum Gasteiger partial charge on any atom is -0.444 e. The summed E-state index contributed by atoms with van der Waals surface area (Å²) >= 11 is 0. The van der Waals surface area contributed by atoms with Crippen LogP contribution in [0.3, 0.4) is 0 Å². The Morgan fingerprint density at radius 3 is 2.39 bits per heavy atom. The number of carbonyl (C=O) groups excluding carboxylic acids is 2. The number of aromatic nitrogens is 1. The standard InChI is InChI=1S/C22H20N2O4/c25-19-14-17(16-10-4-5-11-18(16)23-19)22(27)28-20(15-8-2-1-3-9-15)21(26)24-12-6-7-13-24/h1-5,8-11,14,20H,6-7,12-13H2,(H,23,25)/t20-/m1/s1. The van der Waals surface area contributed by atoms with Crippen molar-refractivity contribution in [2.45, 2.75) is 18.9 Å². The number of benzene rings is 2. The summed E-state index contributed by atoms with van der Waals surface area (Å²) in [7, 11) is 0. The van der Waals surface area contributed by atoms with Crippen molar-refractivity contribution in [3.8, 4) is 0 Å². The summed E-state index contributed by atoms with van der Waals surface area (Å²) in [4.78, 5) is 42.4. The minimum absolute atomic E-state index is 0.148. The van der Waals surface area contributed by atoms with E-state index in [1.807, 2.05) is 6.07 Å². The first-order chi connectivity index (χ1) is 13.6. The molecule has 6 nitrogen and oxygen atoms in total. The highest BCUT2D eigenvalue weighted by molar-refractivity contribution is 6.04. The van der Waals surface area contributed by atoms with Gasteiger partial charge in [0.15, 0.2) is 0 Å². The molecule has 4 rings (SSSR count). The molecule has 3 aromatic rings. The lowest BCUT2D eigenvalue weighted by atomic mass is 10.1. The maximum atomic E-state index is 13.0. The Morgan fingerprint density at radius 2 is 1.64 bits per heavy atom. The normalized spacial score (nSPS) is 14.8. The summed E-state index contributed by atoms with van der Waals surface area (Å²) in [5.74, 6) is -0.921. The van der Waals surface area contributed by atoms with Crippen LogP contribution in [0, 0.1) is 0 Å². The molecule has 2 aromatic carbocycles. The van der Waals surface area contributed by atoms with Crippen LogP contribution in [0.15, 0.2) is 65.5 Å². The van der Waals surface area contributed by atoms with Gasteiger partial charge in [-0.1, -0.05) is 48.5 Å². The summed E-state index contributed by atoms with van der Waals surface area (Å²) in [6.07, 6.45) is 0.852. The molecule has 0 saturated carbocycles. The lowest BCUT2D eigenvalue weighted by Crippen LogP contribution is -2.35. The number of rotatable bonds is 4. The fraction of sp³-hybridized carbons (Fsp3) is 0.227. The van der Waals surface area contributed by atoms with E-state index in [1.54, 1.807) is 53.4 Å². The molecule has 1 amide bonds. The molecule has 0 unspecified atom stereocenters. The van der Waals surface area contributed by atoms with Crippen molar-refractivity contribution in [1.82, 2.24) is 9.88 Å². The van der Waals surface area contributed by atoms with Gasteiger partial charge in [-0.25, -0.2) is 4.79 Å². The van der Waals surface area contributed by atoms with Crippen molar-refractivity contribution in [3.05, 3.63) is 82.1 Å². The van der Waals surface area contributed by atoms with Crippen molar-refractivity contribution in [2.24, 2.45) is 0 Å². The number of hydrogen-bond acceptors (Lipinski definition) is 4. The largest absolute Gasteiger partial charge is 0.444 e. The molecule has 0 radical (unpaired) electrons. The van der Waals surface area contributed by atoms with Gasteiger partial charge >= 0.3 is 5.97 Å². The van der Waals surface area contributed by atoms with Gasteiger partial charge in [-0.05, 0) is 18.9 Å². The van der Waals surface area contributed by atoms with E-state index in [1.165, 1.54) is 6.07 Å². The molecule has 2 heterocycles. The van der Waals surface area contributed by atoms with Gasteiger partial charge in [0.2, 0.25) is 11.7 Å². The van der Waals surface area contributed by atoms with Crippen LogP contribution < -0.4 is 5.56 Å². The second-order valence-corrected chi connectivity index (χ2v) is 6.82. The Kier molecular flexibility index (Phi) is 4.93. The maximum absolute atomic E-state index is 13.0. The van der Waals surface area contributed by atoms with Gasteiger partial charge in [-0.15, -0.1) is 0 Å². The fourth-order valence-electron chi connectivity index (χ4n) is 3.54. The smallest absolute Gasteiger partial charge is 0.340 e. The number of H-pyrrole nitrogens is 1. The van der Waals surface area contributed by atoms with Gasteiger partial charge in [0.05, 0.1) is 5.56 Å². The number of nitrogens with one attached hydrogen (secondary N) is 1. The van der Waals surface area contributed by atoms with E-state index in [-0.39, 0.29) is 11.5 Å². The summed E-state index contributed by atoms with van der Waals surface area (Å²) in [6.45, 7) is 1.32. The number of ether oxygens (including phenoxy) is 1. The third-order valence-electron chi connectivity index (χ3n) is 4.94. The number of para-hydroxylation sites is 1. The molecule has 1 fully saturated rings. The lowest BCUT2D eigenvalue weighted by molar-refractivity contribution is -0.140. The first-order valence-corrected chi connectivity index (χ1v) is 9.30. The Hall–Kier alpha value is -3.41. The van der Waals surface area contributed by atoms with Crippen molar-refractivity contribution in [1.29, 1.82) is 0 Å². The van der Waals surface area contributed by atoms with Gasteiger partial charge in [0.25, 0.3) is 5.91 Å². The van der Waals surface area contributed by atoms with Gasteiger partial charge in [-0.2, -0.15) is 0 Å². The molecule has 1 saturated heterocycles. The average molecular weight is 376 g/mol. The van der Waals surface area contributed by atoms with Crippen LogP contribution in [0.4, 0.5) is 0 Å². The topological polar surface area (TPSA) is 79.5 Å². The van der Waals surface area contributed by atoms with E-state index < -0.39 is 17.6 Å². The molecule has 1 aliphatic heterocycles. The number of hydrogen-bond donors (Lipinski definition) is 1. The second-order valence-electron chi connectivity index (χ2n) is 6.82. The molecule has 0 bridgehead atoms. The van der Waals surface area contributed by atoms with Crippen molar-refractivity contribution in [2.75, 3.05) is 13.1 Å². The number of amides is 1. The van der Waals surface area contributed by atoms with Gasteiger partial charge < -0.3 is 14.6 Å². The van der Waals surface area contributed by atoms with E-state index >= 15 is 0 Å². The predicted octanol–water partition coefficient (Wildman–Crippen LogP) is 3.05. The molecule has 28 heavy (non-hydrogen) atoms. The molecule has 1 aliphatic rings. The number of likely N-dealkylation sites (tertiary alicyclic amines) is 1. The van der Waals surface area contributed by atoms with Crippen LogP contribution in [0.25, 0.3) is 10.9 Å². The van der Waals surface area contributed by atoms with Gasteiger partial charge in [0.1, 0.15) is 0 Å². The van der Waals surface area contributed by atoms with Crippen LogP contribution >= 0.6 is 0 Å². The highest BCUT2D eigenvalue weighted by atomic mass is 16.5. The number of esters is 1. The SMILES string of the molecule is O=C(O[C@@H](C(=O)N1CCCC1)c1ccccc1)c1cc(=O)[nH]c2ccccc12. The molecule has 6 heteroatoms. The number of pyridine rings is 1. The van der Waals surface area contributed by atoms with E-state index in [0.717, 1.165) is 12.8 Å². The molecular weight excluding hydrogens is 356 g/mol. The highest BCUT2D eigenvalue weighted by Gasteiger charge is 2.31. The Morgan fingerprint density at radius 1 is 0.964 bits per heavy atom. The third-order valence-corrected chi connectivity index (χ3v) is 4.94. The number of aromatic amines is 1. The minimum atomic E-state index is -1.04. The molecule has 0 spiro atoms. The number of fused-ring (bicyclic) bond motifs is 1. The zero-order valence-corrected chi connectivity index (χ0v) is 15.3. The summed E-state index contributed by atoms with van der Waals surface area (Å²) in [6, 6.07) is 17.2. The van der Waals surface area contributed by atoms with Crippen molar-refractivity contribution >= 4 is 22.8 Å². The zero-order valence-electron chi connectivity index (χ0n) is 15.3. The quantitative estimate of drug-likeness (QED) is 0.710. The van der Waals surface area contributed by atoms with Gasteiger partial charge in [-0.3, -0.25) is 9.59 Å². The first-order valence-electron chi connectivity index (χ1n) is 9.30. The molecule has 1 atom stereocenters. The fourth-order valence-corrected chi connectivity index (χ4v) is 3.54. The summed E-state index contributed by atoms with van der Waals surface area (Å²) in [5, 5.41) is 0.576. The van der Waals surface area contributed by atoms with Crippen LogP contribution in [-0.4, -0.2) is 34.8 Å². The van der Waals surface area contributed by atoms with E-state index in [9.17, 15) is 14.4 Å². The maximum Gasteiger partial charge on any atom is 0.340 e. The molecule has 0 aliphatic carbocycles. The van der Waals surface area contributed by atoms with Crippen LogP contribution in [0.2, 0.25) is 0 Å². The molecule has 1 N–H and O–H groups in total. The van der Waals surface area contributed by atoms with Crippen LogP contribution in [0.5, 0.6) is 0 Å². The summed E-state index contributed by atoms with van der Waals surface area (Å²) < 4.78 is 5.68. The van der Waals surface area contributed by atoms with E-state index in [2.05, 4.69) is 4.98 Å². The van der Waals surface area contributed by atoms with Crippen LogP contribution in [0.1, 0.15) is 34.9 Å². The molecule has 142 valence electrons. The van der Waals surface area contributed by atoms with Gasteiger partial charge in [0, 0.05) is 35.6 Å². The second kappa shape index (κ2) is 7.68. The van der Waals surface area contributed by atoms with Crippen molar-refractivity contribution < 1.29 is 14.3 Å². The van der Waals surface area contributed by atoms with E-state index in [4.69, 9.17) is 4.74 Å². The molecule has 1 aromatic heterocycles. The third kappa shape index (κ3) is 3.53. The Balaban J connectivity index is 1.70. The summed E-state index contributed by atoms with van der Waals surface area (Å²) in [5.41, 5.74) is 0.910. The Labute approximate surface area is 161 Å².